The SMILES string of the molecule is CN(C(=O)C1CC1c1ccccc1F)C(c1ccccc1)c1ccc(F)cc1. The highest BCUT2D eigenvalue weighted by atomic mass is 19.1. The molecule has 0 aliphatic heterocycles. The summed E-state index contributed by atoms with van der Waals surface area (Å²) in [6.45, 7) is 0. The Kier molecular flexibility index (Phi) is 4.95. The average molecular weight is 377 g/mol. The lowest BCUT2D eigenvalue weighted by atomic mass is 9.96. The van der Waals surface area contributed by atoms with Crippen LogP contribution in [0.15, 0.2) is 78.9 Å². The Labute approximate surface area is 163 Å². The van der Waals surface area contributed by atoms with Crippen LogP contribution >= 0.6 is 0 Å². The molecular formula is C24H21F2NO. The summed E-state index contributed by atoms with van der Waals surface area (Å²) >= 11 is 0. The second-order valence-corrected chi connectivity index (χ2v) is 7.28. The van der Waals surface area contributed by atoms with Crippen LogP contribution in [0.3, 0.4) is 0 Å². The van der Waals surface area contributed by atoms with Gasteiger partial charge in [-0.05, 0) is 47.2 Å². The topological polar surface area (TPSA) is 20.3 Å². The van der Waals surface area contributed by atoms with Crippen molar-refractivity contribution in [3.8, 4) is 0 Å². The van der Waals surface area contributed by atoms with E-state index in [1.165, 1.54) is 18.2 Å². The fourth-order valence-corrected chi connectivity index (χ4v) is 3.90. The molecule has 4 heteroatoms. The molecule has 1 aliphatic carbocycles. The van der Waals surface area contributed by atoms with Gasteiger partial charge in [-0.1, -0.05) is 60.7 Å². The molecule has 0 bridgehead atoms. The van der Waals surface area contributed by atoms with E-state index in [2.05, 4.69) is 0 Å². The number of rotatable bonds is 5. The molecule has 0 saturated heterocycles. The predicted octanol–water partition coefficient (Wildman–Crippen LogP) is 5.32. The number of hydrogen-bond donors (Lipinski definition) is 0. The van der Waals surface area contributed by atoms with Crippen molar-refractivity contribution in [3.63, 3.8) is 0 Å². The molecule has 0 radical (unpaired) electrons. The number of hydrogen-bond acceptors (Lipinski definition) is 1. The minimum Gasteiger partial charge on any atom is -0.334 e. The van der Waals surface area contributed by atoms with Crippen LogP contribution in [-0.4, -0.2) is 17.9 Å². The third kappa shape index (κ3) is 3.55. The van der Waals surface area contributed by atoms with E-state index in [1.54, 1.807) is 42.3 Å². The highest BCUT2D eigenvalue weighted by Crippen LogP contribution is 2.50. The molecule has 3 aromatic carbocycles. The molecule has 142 valence electrons. The molecule has 0 N–H and O–H groups in total. The maximum Gasteiger partial charge on any atom is 0.226 e. The highest BCUT2D eigenvalue weighted by Gasteiger charge is 2.47. The Morgan fingerprint density at radius 1 is 0.893 bits per heavy atom. The second-order valence-electron chi connectivity index (χ2n) is 7.28. The van der Waals surface area contributed by atoms with Gasteiger partial charge in [-0.3, -0.25) is 4.79 Å². The first-order chi connectivity index (χ1) is 13.6. The normalized spacial score (nSPS) is 19.1. The van der Waals surface area contributed by atoms with Gasteiger partial charge in [-0.2, -0.15) is 0 Å². The lowest BCUT2D eigenvalue weighted by Crippen LogP contribution is -2.33. The van der Waals surface area contributed by atoms with Crippen molar-refractivity contribution in [1.29, 1.82) is 0 Å². The fourth-order valence-electron chi connectivity index (χ4n) is 3.90. The van der Waals surface area contributed by atoms with Gasteiger partial charge >= 0.3 is 0 Å². The molecule has 2 nitrogen and oxygen atoms in total. The van der Waals surface area contributed by atoms with E-state index in [4.69, 9.17) is 0 Å². The lowest BCUT2D eigenvalue weighted by Gasteiger charge is -2.29. The van der Waals surface area contributed by atoms with Gasteiger partial charge in [0, 0.05) is 13.0 Å². The molecule has 1 saturated carbocycles. The summed E-state index contributed by atoms with van der Waals surface area (Å²) in [5.41, 5.74) is 2.40. The predicted molar refractivity (Wildman–Crippen MR) is 105 cm³/mol. The van der Waals surface area contributed by atoms with E-state index in [0.717, 1.165) is 11.1 Å². The molecule has 1 fully saturated rings. The largest absolute Gasteiger partial charge is 0.334 e. The molecular weight excluding hydrogens is 356 g/mol. The van der Waals surface area contributed by atoms with Crippen molar-refractivity contribution in [2.45, 2.75) is 18.4 Å². The van der Waals surface area contributed by atoms with Gasteiger partial charge in [0.15, 0.2) is 0 Å². The van der Waals surface area contributed by atoms with E-state index in [-0.39, 0.29) is 35.4 Å². The van der Waals surface area contributed by atoms with Crippen molar-refractivity contribution < 1.29 is 13.6 Å². The third-order valence-corrected chi connectivity index (χ3v) is 5.45. The van der Waals surface area contributed by atoms with Crippen LogP contribution < -0.4 is 0 Å². The van der Waals surface area contributed by atoms with Crippen LogP contribution in [-0.2, 0) is 4.79 Å². The zero-order valence-electron chi connectivity index (χ0n) is 15.6. The summed E-state index contributed by atoms with van der Waals surface area (Å²) in [5.74, 6) is -0.907. The van der Waals surface area contributed by atoms with Crippen molar-refractivity contribution >= 4 is 5.91 Å². The van der Waals surface area contributed by atoms with E-state index in [1.807, 2.05) is 30.3 Å². The molecule has 0 aromatic heterocycles. The Bertz CT molecular complexity index is 971. The lowest BCUT2D eigenvalue weighted by molar-refractivity contribution is -0.132. The Morgan fingerprint density at radius 3 is 2.18 bits per heavy atom. The van der Waals surface area contributed by atoms with Gasteiger partial charge in [-0.15, -0.1) is 0 Å². The molecule has 3 atom stereocenters. The third-order valence-electron chi connectivity index (χ3n) is 5.45. The summed E-state index contributed by atoms with van der Waals surface area (Å²) in [7, 11) is 1.76. The zero-order valence-corrected chi connectivity index (χ0v) is 15.6. The molecule has 1 aliphatic rings. The second kappa shape index (κ2) is 7.55. The fraction of sp³-hybridized carbons (Fsp3) is 0.208. The van der Waals surface area contributed by atoms with E-state index in [0.29, 0.717) is 12.0 Å². The van der Waals surface area contributed by atoms with Crippen molar-refractivity contribution in [2.75, 3.05) is 7.05 Å². The standard InChI is InChI=1S/C24H21F2NO/c1-27(24(28)21-15-20(21)19-9-5-6-10-22(19)26)23(16-7-3-2-4-8-16)17-11-13-18(25)14-12-17/h2-14,20-21,23H,15H2,1H3. The van der Waals surface area contributed by atoms with Crippen LogP contribution in [0.1, 0.15) is 35.1 Å². The Balaban J connectivity index is 1.61. The Hall–Kier alpha value is -3.01. The van der Waals surface area contributed by atoms with Gasteiger partial charge in [0.1, 0.15) is 11.6 Å². The number of carbonyl (C=O) groups is 1. The van der Waals surface area contributed by atoms with Crippen LogP contribution in [0.5, 0.6) is 0 Å². The van der Waals surface area contributed by atoms with Crippen LogP contribution in [0.25, 0.3) is 0 Å². The van der Waals surface area contributed by atoms with Crippen LogP contribution in [0, 0.1) is 17.6 Å². The van der Waals surface area contributed by atoms with E-state index < -0.39 is 0 Å². The number of nitrogens with zero attached hydrogens (tertiary/aromatic N) is 1. The van der Waals surface area contributed by atoms with Crippen molar-refractivity contribution in [2.24, 2.45) is 5.92 Å². The summed E-state index contributed by atoms with van der Waals surface area (Å²) in [6, 6.07) is 22.2. The summed E-state index contributed by atoms with van der Waals surface area (Å²) in [6.07, 6.45) is 0.648. The number of amides is 1. The molecule has 28 heavy (non-hydrogen) atoms. The summed E-state index contributed by atoms with van der Waals surface area (Å²) in [5, 5.41) is 0. The number of benzene rings is 3. The first-order valence-corrected chi connectivity index (χ1v) is 9.38. The summed E-state index contributed by atoms with van der Waals surface area (Å²) < 4.78 is 27.5. The first kappa shape index (κ1) is 18.4. The zero-order chi connectivity index (χ0) is 19.7. The van der Waals surface area contributed by atoms with Gasteiger partial charge in [0.2, 0.25) is 5.91 Å². The van der Waals surface area contributed by atoms with E-state index >= 15 is 0 Å². The summed E-state index contributed by atoms with van der Waals surface area (Å²) in [4.78, 5) is 14.9. The first-order valence-electron chi connectivity index (χ1n) is 9.38. The van der Waals surface area contributed by atoms with Gasteiger partial charge in [0.05, 0.1) is 6.04 Å². The minimum atomic E-state index is -0.323. The number of halogens is 2. The van der Waals surface area contributed by atoms with Gasteiger partial charge in [-0.25, -0.2) is 8.78 Å². The minimum absolute atomic E-state index is 0.0218. The average Bonchev–Trinajstić information content (AvgIpc) is 3.51. The highest BCUT2D eigenvalue weighted by molar-refractivity contribution is 5.83. The van der Waals surface area contributed by atoms with Crippen molar-refractivity contribution in [1.82, 2.24) is 4.90 Å². The van der Waals surface area contributed by atoms with Crippen molar-refractivity contribution in [3.05, 3.63) is 107 Å². The quantitative estimate of drug-likeness (QED) is 0.590. The molecule has 0 heterocycles. The molecule has 4 rings (SSSR count). The van der Waals surface area contributed by atoms with Crippen LogP contribution in [0.2, 0.25) is 0 Å². The smallest absolute Gasteiger partial charge is 0.226 e. The molecule has 3 aromatic rings. The number of carbonyl (C=O) groups excluding carboxylic acids is 1. The maximum atomic E-state index is 14.1. The van der Waals surface area contributed by atoms with Gasteiger partial charge < -0.3 is 4.90 Å². The monoisotopic (exact) mass is 377 g/mol. The van der Waals surface area contributed by atoms with E-state index in [9.17, 15) is 13.6 Å². The molecule has 3 unspecified atom stereocenters. The van der Waals surface area contributed by atoms with Gasteiger partial charge in [0.25, 0.3) is 0 Å². The maximum absolute atomic E-state index is 14.1. The Morgan fingerprint density at radius 2 is 1.50 bits per heavy atom. The van der Waals surface area contributed by atoms with Crippen LogP contribution in [0.4, 0.5) is 8.78 Å². The molecule has 0 spiro atoms. The molecule has 1 amide bonds.